The molecule has 2 atom stereocenters. The summed E-state index contributed by atoms with van der Waals surface area (Å²) in [6, 6.07) is 8.00. The van der Waals surface area contributed by atoms with Gasteiger partial charge in [-0.1, -0.05) is 31.5 Å². The average Bonchev–Trinajstić information content (AvgIpc) is 2.17. The molecule has 1 aliphatic rings. The average molecular weight is 226 g/mol. The molecule has 1 aliphatic carbocycles. The molecule has 0 spiro atoms. The van der Waals surface area contributed by atoms with Gasteiger partial charge in [-0.05, 0) is 24.6 Å². The van der Waals surface area contributed by atoms with E-state index >= 15 is 0 Å². The maximum Gasteiger partial charge on any atom is 0.0630 e. The van der Waals surface area contributed by atoms with Crippen LogP contribution in [0.2, 0.25) is 5.02 Å². The summed E-state index contributed by atoms with van der Waals surface area (Å²) in [4.78, 5) is 0. The van der Waals surface area contributed by atoms with Crippen molar-refractivity contribution >= 4 is 17.3 Å². The van der Waals surface area contributed by atoms with Gasteiger partial charge in [0.1, 0.15) is 0 Å². The standard InChI is InChI=1S/C12H16ClNO/c1-12(2)10(7-11(12)15)14-9-5-3-4-8(13)6-9/h3-6,10-11,14-15H,7H2,1-2H3. The van der Waals surface area contributed by atoms with Crippen molar-refractivity contribution in [2.75, 3.05) is 5.32 Å². The predicted molar refractivity (Wildman–Crippen MR) is 63.3 cm³/mol. The summed E-state index contributed by atoms with van der Waals surface area (Å²) in [5.74, 6) is 0. The van der Waals surface area contributed by atoms with Crippen LogP contribution in [-0.4, -0.2) is 17.3 Å². The molecular formula is C12H16ClNO. The number of nitrogens with one attached hydrogen (secondary N) is 1. The number of aliphatic hydroxyl groups is 1. The van der Waals surface area contributed by atoms with Gasteiger partial charge < -0.3 is 10.4 Å². The molecule has 1 aromatic carbocycles. The zero-order chi connectivity index (χ0) is 11.1. The molecule has 0 saturated heterocycles. The largest absolute Gasteiger partial charge is 0.392 e. The second-order valence-electron chi connectivity index (χ2n) is 4.78. The fourth-order valence-corrected chi connectivity index (χ4v) is 2.12. The van der Waals surface area contributed by atoms with Crippen LogP contribution in [0.1, 0.15) is 20.3 Å². The highest BCUT2D eigenvalue weighted by Gasteiger charge is 2.47. The lowest BCUT2D eigenvalue weighted by Crippen LogP contribution is -2.56. The topological polar surface area (TPSA) is 32.3 Å². The summed E-state index contributed by atoms with van der Waals surface area (Å²) in [6.45, 7) is 4.15. The van der Waals surface area contributed by atoms with Gasteiger partial charge in [0, 0.05) is 22.2 Å². The zero-order valence-electron chi connectivity index (χ0n) is 9.00. The third kappa shape index (κ3) is 1.97. The molecule has 2 N–H and O–H groups in total. The fourth-order valence-electron chi connectivity index (χ4n) is 1.93. The Balaban J connectivity index is 2.05. The van der Waals surface area contributed by atoms with Gasteiger partial charge in [0.05, 0.1) is 6.10 Å². The van der Waals surface area contributed by atoms with Crippen LogP contribution >= 0.6 is 11.6 Å². The van der Waals surface area contributed by atoms with Crippen LogP contribution < -0.4 is 5.32 Å². The molecule has 1 fully saturated rings. The van der Waals surface area contributed by atoms with E-state index in [0.717, 1.165) is 17.1 Å². The van der Waals surface area contributed by atoms with E-state index in [9.17, 15) is 5.11 Å². The van der Waals surface area contributed by atoms with E-state index in [1.807, 2.05) is 24.3 Å². The summed E-state index contributed by atoms with van der Waals surface area (Å²) in [6.07, 6.45) is 0.605. The molecule has 2 rings (SSSR count). The van der Waals surface area contributed by atoms with Crippen molar-refractivity contribution in [1.82, 2.24) is 0 Å². The first-order chi connectivity index (χ1) is 7.00. The van der Waals surface area contributed by atoms with Crippen LogP contribution in [0.15, 0.2) is 24.3 Å². The Morgan fingerprint density at radius 3 is 2.73 bits per heavy atom. The second kappa shape index (κ2) is 3.69. The van der Waals surface area contributed by atoms with Gasteiger partial charge >= 0.3 is 0 Å². The molecular weight excluding hydrogens is 210 g/mol. The Bertz CT molecular complexity index is 364. The van der Waals surface area contributed by atoms with Gasteiger partial charge in [0.15, 0.2) is 0 Å². The number of anilines is 1. The maximum absolute atomic E-state index is 9.61. The molecule has 0 aliphatic heterocycles. The molecule has 82 valence electrons. The lowest BCUT2D eigenvalue weighted by molar-refractivity contribution is -0.0510. The van der Waals surface area contributed by atoms with Crippen molar-refractivity contribution in [3.8, 4) is 0 Å². The first-order valence-electron chi connectivity index (χ1n) is 5.20. The second-order valence-corrected chi connectivity index (χ2v) is 5.22. The summed E-state index contributed by atoms with van der Waals surface area (Å²) >= 11 is 5.90. The molecule has 15 heavy (non-hydrogen) atoms. The van der Waals surface area contributed by atoms with E-state index in [2.05, 4.69) is 19.2 Å². The van der Waals surface area contributed by atoms with Crippen molar-refractivity contribution in [2.45, 2.75) is 32.4 Å². The van der Waals surface area contributed by atoms with Gasteiger partial charge in [-0.2, -0.15) is 0 Å². The Morgan fingerprint density at radius 1 is 1.47 bits per heavy atom. The number of aliphatic hydroxyl groups excluding tert-OH is 1. The van der Waals surface area contributed by atoms with E-state index in [1.54, 1.807) is 0 Å². The number of halogens is 1. The van der Waals surface area contributed by atoms with Crippen LogP contribution in [0.3, 0.4) is 0 Å². The molecule has 0 bridgehead atoms. The maximum atomic E-state index is 9.61. The summed E-state index contributed by atoms with van der Waals surface area (Å²) in [7, 11) is 0. The van der Waals surface area contributed by atoms with Gasteiger partial charge in [-0.15, -0.1) is 0 Å². The van der Waals surface area contributed by atoms with Gasteiger partial charge in [0.25, 0.3) is 0 Å². The third-order valence-corrected chi connectivity index (χ3v) is 3.62. The monoisotopic (exact) mass is 225 g/mol. The zero-order valence-corrected chi connectivity index (χ0v) is 9.75. The van der Waals surface area contributed by atoms with Gasteiger partial charge in [-0.3, -0.25) is 0 Å². The van der Waals surface area contributed by atoms with Crippen molar-refractivity contribution in [1.29, 1.82) is 0 Å². The smallest absolute Gasteiger partial charge is 0.0630 e. The molecule has 1 saturated carbocycles. The molecule has 2 nitrogen and oxygen atoms in total. The summed E-state index contributed by atoms with van der Waals surface area (Å²) < 4.78 is 0. The minimum Gasteiger partial charge on any atom is -0.392 e. The summed E-state index contributed by atoms with van der Waals surface area (Å²) in [5, 5.41) is 13.7. The molecule has 0 radical (unpaired) electrons. The normalized spacial score (nSPS) is 28.3. The van der Waals surface area contributed by atoms with Crippen LogP contribution in [0.5, 0.6) is 0 Å². The molecule has 0 aromatic heterocycles. The quantitative estimate of drug-likeness (QED) is 0.811. The minimum atomic E-state index is -0.200. The molecule has 0 heterocycles. The number of hydrogen-bond acceptors (Lipinski definition) is 2. The fraction of sp³-hybridized carbons (Fsp3) is 0.500. The SMILES string of the molecule is CC1(C)C(O)CC1Nc1cccc(Cl)c1. The van der Waals surface area contributed by atoms with Crippen molar-refractivity contribution in [3.05, 3.63) is 29.3 Å². The summed E-state index contributed by atoms with van der Waals surface area (Å²) in [5.41, 5.74) is 0.968. The Morgan fingerprint density at radius 2 is 2.20 bits per heavy atom. The number of benzene rings is 1. The lowest BCUT2D eigenvalue weighted by Gasteiger charge is -2.49. The van der Waals surface area contributed by atoms with Crippen molar-refractivity contribution in [2.24, 2.45) is 5.41 Å². The van der Waals surface area contributed by atoms with Crippen LogP contribution in [0.4, 0.5) is 5.69 Å². The minimum absolute atomic E-state index is 0.0533. The lowest BCUT2D eigenvalue weighted by atomic mass is 9.64. The van der Waals surface area contributed by atoms with E-state index in [4.69, 9.17) is 11.6 Å². The van der Waals surface area contributed by atoms with E-state index < -0.39 is 0 Å². The van der Waals surface area contributed by atoms with Crippen LogP contribution in [0, 0.1) is 5.41 Å². The first-order valence-corrected chi connectivity index (χ1v) is 5.58. The first kappa shape index (κ1) is 10.8. The molecule has 1 aromatic rings. The highest BCUT2D eigenvalue weighted by Crippen LogP contribution is 2.42. The highest BCUT2D eigenvalue weighted by molar-refractivity contribution is 6.30. The number of rotatable bonds is 2. The Hall–Kier alpha value is -0.730. The number of hydrogen-bond donors (Lipinski definition) is 2. The van der Waals surface area contributed by atoms with Crippen molar-refractivity contribution in [3.63, 3.8) is 0 Å². The van der Waals surface area contributed by atoms with Gasteiger partial charge in [0.2, 0.25) is 0 Å². The molecule has 2 unspecified atom stereocenters. The Kier molecular flexibility index (Phi) is 2.65. The van der Waals surface area contributed by atoms with Crippen molar-refractivity contribution < 1.29 is 5.11 Å². The third-order valence-electron chi connectivity index (χ3n) is 3.38. The van der Waals surface area contributed by atoms with E-state index in [-0.39, 0.29) is 11.5 Å². The van der Waals surface area contributed by atoms with E-state index in [1.165, 1.54) is 0 Å². The molecule has 0 amide bonds. The van der Waals surface area contributed by atoms with Crippen LogP contribution in [-0.2, 0) is 0 Å². The Labute approximate surface area is 95.3 Å². The van der Waals surface area contributed by atoms with Gasteiger partial charge in [-0.25, -0.2) is 0 Å². The molecule has 3 heteroatoms. The van der Waals surface area contributed by atoms with E-state index in [0.29, 0.717) is 6.04 Å². The predicted octanol–water partition coefficient (Wildman–Crippen LogP) is 2.91. The van der Waals surface area contributed by atoms with Crippen LogP contribution in [0.25, 0.3) is 0 Å². The highest BCUT2D eigenvalue weighted by atomic mass is 35.5.